The third-order valence-corrected chi connectivity index (χ3v) is 7.80. The van der Waals surface area contributed by atoms with Crippen molar-refractivity contribution in [2.24, 2.45) is 5.14 Å². The van der Waals surface area contributed by atoms with Gasteiger partial charge in [0, 0.05) is 6.54 Å². The minimum atomic E-state index is -4.03. The standard InChI is InChI=1S/C8H10N2O5S3/c1-4-3-10-7(11)5-2-6(18(9,14)15)16-8(5)17(4,12)13/h2,4H,3H2,1H3,(H,10,11)(H2,9,14,15). The first-order valence-corrected chi connectivity index (χ1v) is 8.73. The molecular formula is C8H10N2O5S3. The number of carbonyl (C=O) groups is 1. The van der Waals surface area contributed by atoms with Gasteiger partial charge in [-0.3, -0.25) is 4.79 Å². The van der Waals surface area contributed by atoms with E-state index in [2.05, 4.69) is 5.32 Å². The van der Waals surface area contributed by atoms with Crippen LogP contribution in [0.15, 0.2) is 14.5 Å². The highest BCUT2D eigenvalue weighted by molar-refractivity contribution is 7.95. The van der Waals surface area contributed by atoms with Crippen molar-refractivity contribution in [2.45, 2.75) is 20.6 Å². The van der Waals surface area contributed by atoms with Gasteiger partial charge >= 0.3 is 0 Å². The lowest BCUT2D eigenvalue weighted by Crippen LogP contribution is -2.30. The Bertz CT molecular complexity index is 716. The Balaban J connectivity index is 2.76. The van der Waals surface area contributed by atoms with Crippen LogP contribution in [0.5, 0.6) is 0 Å². The molecule has 100 valence electrons. The molecule has 1 aliphatic heterocycles. The zero-order valence-electron chi connectivity index (χ0n) is 9.21. The lowest BCUT2D eigenvalue weighted by Gasteiger charge is -2.07. The van der Waals surface area contributed by atoms with E-state index in [4.69, 9.17) is 5.14 Å². The van der Waals surface area contributed by atoms with Crippen molar-refractivity contribution in [1.29, 1.82) is 0 Å². The lowest BCUT2D eigenvalue weighted by molar-refractivity contribution is 0.0953. The summed E-state index contributed by atoms with van der Waals surface area (Å²) in [6, 6.07) is 1.00. The predicted molar refractivity (Wildman–Crippen MR) is 64.7 cm³/mol. The van der Waals surface area contributed by atoms with Gasteiger partial charge < -0.3 is 5.32 Å². The van der Waals surface area contributed by atoms with Gasteiger partial charge in [-0.2, -0.15) is 0 Å². The summed E-state index contributed by atoms with van der Waals surface area (Å²) in [4.78, 5) is 11.7. The summed E-state index contributed by atoms with van der Waals surface area (Å²) < 4.78 is 46.0. The first-order chi connectivity index (χ1) is 8.14. The highest BCUT2D eigenvalue weighted by Gasteiger charge is 2.35. The number of rotatable bonds is 1. The van der Waals surface area contributed by atoms with Crippen LogP contribution in [0.1, 0.15) is 17.3 Å². The highest BCUT2D eigenvalue weighted by Crippen LogP contribution is 2.33. The molecule has 1 unspecified atom stereocenters. The molecule has 0 bridgehead atoms. The molecule has 18 heavy (non-hydrogen) atoms. The number of sulfonamides is 1. The summed E-state index contributed by atoms with van der Waals surface area (Å²) >= 11 is 0.508. The molecule has 2 heterocycles. The van der Waals surface area contributed by atoms with Crippen molar-refractivity contribution in [3.8, 4) is 0 Å². The molecule has 1 aromatic heterocycles. The summed E-state index contributed by atoms with van der Waals surface area (Å²) in [5.74, 6) is -0.607. The zero-order chi connectivity index (χ0) is 13.7. The number of hydrogen-bond donors (Lipinski definition) is 2. The summed E-state index contributed by atoms with van der Waals surface area (Å²) in [6.45, 7) is 1.44. The highest BCUT2D eigenvalue weighted by atomic mass is 32.3. The fourth-order valence-corrected chi connectivity index (χ4v) is 5.62. The van der Waals surface area contributed by atoms with Gasteiger partial charge in [-0.25, -0.2) is 22.0 Å². The molecule has 2 rings (SSSR count). The van der Waals surface area contributed by atoms with Gasteiger partial charge in [0.1, 0.15) is 8.42 Å². The zero-order valence-corrected chi connectivity index (χ0v) is 11.7. The number of hydrogen-bond acceptors (Lipinski definition) is 6. The molecule has 0 aliphatic carbocycles. The van der Waals surface area contributed by atoms with E-state index in [-0.39, 0.29) is 20.5 Å². The van der Waals surface area contributed by atoms with Crippen LogP contribution in [0, 0.1) is 0 Å². The molecule has 0 aromatic carbocycles. The molecule has 0 radical (unpaired) electrons. The number of thiophene rings is 1. The molecule has 0 fully saturated rings. The monoisotopic (exact) mass is 310 g/mol. The maximum atomic E-state index is 12.1. The van der Waals surface area contributed by atoms with Crippen LogP contribution >= 0.6 is 11.3 Å². The smallest absolute Gasteiger partial charge is 0.253 e. The van der Waals surface area contributed by atoms with E-state index in [1.807, 2.05) is 0 Å². The summed E-state index contributed by atoms with van der Waals surface area (Å²) in [5.41, 5.74) is -0.159. The van der Waals surface area contributed by atoms with E-state index in [9.17, 15) is 21.6 Å². The molecule has 10 heteroatoms. The molecule has 1 amide bonds. The molecule has 0 spiro atoms. The number of nitrogens with one attached hydrogen (secondary N) is 1. The van der Waals surface area contributed by atoms with Crippen LogP contribution in [-0.2, 0) is 19.9 Å². The van der Waals surface area contributed by atoms with Crippen LogP contribution in [0.4, 0.5) is 0 Å². The molecule has 1 aromatic rings. The van der Waals surface area contributed by atoms with Gasteiger partial charge in [-0.15, -0.1) is 11.3 Å². The van der Waals surface area contributed by atoms with Gasteiger partial charge in [0.25, 0.3) is 5.91 Å². The Labute approximate surface area is 108 Å². The fourth-order valence-electron chi connectivity index (χ4n) is 1.49. The topological polar surface area (TPSA) is 123 Å². The van der Waals surface area contributed by atoms with Crippen LogP contribution in [-0.4, -0.2) is 34.5 Å². The van der Waals surface area contributed by atoms with Crippen molar-refractivity contribution in [1.82, 2.24) is 5.32 Å². The maximum Gasteiger partial charge on any atom is 0.253 e. The summed E-state index contributed by atoms with van der Waals surface area (Å²) in [7, 11) is -7.74. The first-order valence-electron chi connectivity index (χ1n) is 4.83. The number of sulfone groups is 1. The minimum absolute atomic E-state index is 0.00667. The van der Waals surface area contributed by atoms with Gasteiger partial charge in [0.05, 0.1) is 10.8 Å². The van der Waals surface area contributed by atoms with E-state index in [1.165, 1.54) is 6.92 Å². The molecule has 7 nitrogen and oxygen atoms in total. The van der Waals surface area contributed by atoms with Gasteiger partial charge in [0.2, 0.25) is 10.0 Å². The molecule has 3 N–H and O–H groups in total. The van der Waals surface area contributed by atoms with Crippen molar-refractivity contribution in [2.75, 3.05) is 6.54 Å². The number of fused-ring (bicyclic) bond motifs is 1. The largest absolute Gasteiger partial charge is 0.351 e. The Morgan fingerprint density at radius 3 is 2.67 bits per heavy atom. The molecule has 0 saturated carbocycles. The van der Waals surface area contributed by atoms with E-state index in [0.717, 1.165) is 6.07 Å². The quantitative estimate of drug-likeness (QED) is 0.710. The molecule has 0 saturated heterocycles. The van der Waals surface area contributed by atoms with Crippen LogP contribution in [0.25, 0.3) is 0 Å². The normalized spacial score (nSPS) is 23.0. The molecular weight excluding hydrogens is 300 g/mol. The second kappa shape index (κ2) is 4.02. The minimum Gasteiger partial charge on any atom is -0.351 e. The van der Waals surface area contributed by atoms with Crippen LogP contribution in [0.2, 0.25) is 0 Å². The number of primary sulfonamides is 1. The molecule has 1 atom stereocenters. The van der Waals surface area contributed by atoms with Crippen LogP contribution < -0.4 is 10.5 Å². The van der Waals surface area contributed by atoms with E-state index < -0.39 is 31.0 Å². The number of amides is 1. The summed E-state index contributed by atoms with van der Waals surface area (Å²) in [6.07, 6.45) is 0. The van der Waals surface area contributed by atoms with Crippen molar-refractivity contribution >= 4 is 37.1 Å². The first kappa shape index (κ1) is 13.5. The van der Waals surface area contributed by atoms with Gasteiger partial charge in [-0.05, 0) is 13.0 Å². The van der Waals surface area contributed by atoms with Gasteiger partial charge in [0.15, 0.2) is 9.84 Å². The van der Waals surface area contributed by atoms with E-state index in [1.54, 1.807) is 0 Å². The third kappa shape index (κ3) is 2.05. The van der Waals surface area contributed by atoms with Crippen LogP contribution in [0.3, 0.4) is 0 Å². The molecule has 1 aliphatic rings. The average molecular weight is 310 g/mol. The maximum absolute atomic E-state index is 12.1. The lowest BCUT2D eigenvalue weighted by atomic mass is 10.3. The van der Waals surface area contributed by atoms with Crippen molar-refractivity contribution in [3.63, 3.8) is 0 Å². The van der Waals surface area contributed by atoms with E-state index in [0.29, 0.717) is 11.3 Å². The Morgan fingerprint density at radius 2 is 2.11 bits per heavy atom. The van der Waals surface area contributed by atoms with Crippen molar-refractivity contribution < 1.29 is 21.6 Å². The third-order valence-electron chi connectivity index (χ3n) is 2.54. The summed E-state index contributed by atoms with van der Waals surface area (Å²) in [5, 5.41) is 6.55. The fraction of sp³-hybridized carbons (Fsp3) is 0.375. The second-order valence-corrected chi connectivity index (χ2v) is 9.28. The number of carbonyl (C=O) groups excluding carboxylic acids is 1. The Kier molecular flexibility index (Phi) is 3.00. The Hall–Kier alpha value is -0.970. The second-order valence-electron chi connectivity index (χ2n) is 3.88. The van der Waals surface area contributed by atoms with Crippen molar-refractivity contribution in [3.05, 3.63) is 11.6 Å². The number of nitrogens with two attached hydrogens (primary N) is 1. The Morgan fingerprint density at radius 1 is 1.50 bits per heavy atom. The SMILES string of the molecule is CC1CNC(=O)c2cc(S(N)(=O)=O)sc2S1(=O)=O. The van der Waals surface area contributed by atoms with Gasteiger partial charge in [-0.1, -0.05) is 0 Å². The average Bonchev–Trinajstić information content (AvgIpc) is 2.66. The predicted octanol–water partition coefficient (Wildman–Crippen LogP) is -0.699. The van der Waals surface area contributed by atoms with E-state index >= 15 is 0 Å².